The first kappa shape index (κ1) is 22.4. The van der Waals surface area contributed by atoms with Crippen LogP contribution in [0.4, 0.5) is 0 Å². The monoisotopic (exact) mass is 485 g/mol. The van der Waals surface area contributed by atoms with Crippen LogP contribution in [0.15, 0.2) is 35.3 Å². The number of guanidine groups is 1. The van der Waals surface area contributed by atoms with Crippen molar-refractivity contribution in [3.63, 3.8) is 0 Å². The second kappa shape index (κ2) is 11.9. The zero-order valence-electron chi connectivity index (χ0n) is 16.9. The summed E-state index contributed by atoms with van der Waals surface area (Å²) in [5.74, 6) is 1.72. The maximum Gasteiger partial charge on any atom is 0.193 e. The number of hydrogen-bond acceptors (Lipinski definition) is 3. The largest absolute Gasteiger partial charge is 0.357 e. The number of nitrogens with zero attached hydrogens (tertiary/aromatic N) is 4. The predicted octanol–water partition coefficient (Wildman–Crippen LogP) is 2.70. The Bertz CT molecular complexity index is 565. The zero-order valence-corrected chi connectivity index (χ0v) is 19.3. The van der Waals surface area contributed by atoms with Gasteiger partial charge in [0.1, 0.15) is 0 Å². The molecule has 0 amide bonds. The number of likely N-dealkylation sites (tertiary alicyclic amines) is 1. The van der Waals surface area contributed by atoms with Crippen molar-refractivity contribution in [3.05, 3.63) is 35.9 Å². The predicted molar refractivity (Wildman–Crippen MR) is 125 cm³/mol. The summed E-state index contributed by atoms with van der Waals surface area (Å²) in [5, 5.41) is 3.50. The summed E-state index contributed by atoms with van der Waals surface area (Å²) in [6, 6.07) is 10.9. The van der Waals surface area contributed by atoms with Crippen molar-refractivity contribution in [3.8, 4) is 0 Å². The van der Waals surface area contributed by atoms with E-state index in [1.165, 1.54) is 44.6 Å². The fourth-order valence-corrected chi connectivity index (χ4v) is 4.00. The fourth-order valence-electron chi connectivity index (χ4n) is 4.00. The number of aliphatic imine (C=N–C) groups is 1. The highest BCUT2D eigenvalue weighted by Gasteiger charge is 2.25. The van der Waals surface area contributed by atoms with Crippen LogP contribution in [-0.4, -0.2) is 86.6 Å². The van der Waals surface area contributed by atoms with Crippen molar-refractivity contribution in [1.29, 1.82) is 0 Å². The van der Waals surface area contributed by atoms with E-state index in [2.05, 4.69) is 64.3 Å². The molecule has 152 valence electrons. The highest BCUT2D eigenvalue weighted by atomic mass is 127. The lowest BCUT2D eigenvalue weighted by atomic mass is 9.99. The van der Waals surface area contributed by atoms with Gasteiger partial charge in [0.15, 0.2) is 5.96 Å². The van der Waals surface area contributed by atoms with E-state index in [1.54, 1.807) is 0 Å². The first-order valence-corrected chi connectivity index (χ1v) is 10.3. The highest BCUT2D eigenvalue weighted by molar-refractivity contribution is 14.0. The molecule has 1 aromatic rings. The van der Waals surface area contributed by atoms with Crippen molar-refractivity contribution in [1.82, 2.24) is 20.0 Å². The Morgan fingerprint density at radius 3 is 2.70 bits per heavy atom. The minimum atomic E-state index is 0. The van der Waals surface area contributed by atoms with Gasteiger partial charge in [0, 0.05) is 45.2 Å². The standard InChI is InChI=1S/C21H35N5.HI/c1-3-22-21(23-11-15-25-13-7-12-24(2)16-17-25)26-14-10-20(18-26)19-8-5-4-6-9-19;/h4-6,8-9,20H,3,7,10-18H2,1-2H3,(H,22,23);1H. The Morgan fingerprint density at radius 2 is 1.93 bits per heavy atom. The third-order valence-corrected chi connectivity index (χ3v) is 5.58. The second-order valence-corrected chi connectivity index (χ2v) is 7.58. The molecule has 2 saturated heterocycles. The summed E-state index contributed by atoms with van der Waals surface area (Å²) in [6.07, 6.45) is 2.48. The molecule has 6 heteroatoms. The van der Waals surface area contributed by atoms with Crippen molar-refractivity contribution in [2.45, 2.75) is 25.7 Å². The Hall–Kier alpha value is -0.860. The van der Waals surface area contributed by atoms with Gasteiger partial charge in [0.05, 0.1) is 6.54 Å². The topological polar surface area (TPSA) is 34.1 Å². The van der Waals surface area contributed by atoms with E-state index in [0.717, 1.165) is 38.7 Å². The molecule has 3 rings (SSSR count). The van der Waals surface area contributed by atoms with E-state index in [4.69, 9.17) is 4.99 Å². The first-order chi connectivity index (χ1) is 12.8. The van der Waals surface area contributed by atoms with E-state index in [1.807, 2.05) is 0 Å². The van der Waals surface area contributed by atoms with Crippen LogP contribution >= 0.6 is 24.0 Å². The van der Waals surface area contributed by atoms with Crippen LogP contribution in [0.2, 0.25) is 0 Å². The molecule has 2 heterocycles. The minimum absolute atomic E-state index is 0. The summed E-state index contributed by atoms with van der Waals surface area (Å²) in [5.41, 5.74) is 1.46. The van der Waals surface area contributed by atoms with Gasteiger partial charge in [-0.3, -0.25) is 4.99 Å². The van der Waals surface area contributed by atoms with Gasteiger partial charge >= 0.3 is 0 Å². The number of halogens is 1. The van der Waals surface area contributed by atoms with Gasteiger partial charge in [0.2, 0.25) is 0 Å². The molecular formula is C21H36IN5. The third kappa shape index (κ3) is 6.91. The normalized spacial score (nSPS) is 22.4. The molecule has 2 aliphatic heterocycles. The van der Waals surface area contributed by atoms with Gasteiger partial charge in [-0.1, -0.05) is 30.3 Å². The van der Waals surface area contributed by atoms with Crippen molar-refractivity contribution < 1.29 is 0 Å². The first-order valence-electron chi connectivity index (χ1n) is 10.3. The molecule has 27 heavy (non-hydrogen) atoms. The quantitative estimate of drug-likeness (QED) is 0.395. The lowest BCUT2D eigenvalue weighted by molar-refractivity contribution is 0.283. The Balaban J connectivity index is 0.00000261. The summed E-state index contributed by atoms with van der Waals surface area (Å²) in [4.78, 5) is 12.4. The molecule has 1 N–H and O–H groups in total. The molecule has 1 atom stereocenters. The van der Waals surface area contributed by atoms with Gasteiger partial charge in [0.25, 0.3) is 0 Å². The molecule has 5 nitrogen and oxygen atoms in total. The van der Waals surface area contributed by atoms with Crippen LogP contribution in [0.5, 0.6) is 0 Å². The molecule has 1 aromatic carbocycles. The summed E-state index contributed by atoms with van der Waals surface area (Å²) < 4.78 is 0. The average molecular weight is 485 g/mol. The fraction of sp³-hybridized carbons (Fsp3) is 0.667. The van der Waals surface area contributed by atoms with E-state index < -0.39 is 0 Å². The van der Waals surface area contributed by atoms with Gasteiger partial charge < -0.3 is 20.0 Å². The van der Waals surface area contributed by atoms with Gasteiger partial charge in [-0.05, 0) is 45.5 Å². The van der Waals surface area contributed by atoms with Gasteiger partial charge in [-0.15, -0.1) is 24.0 Å². The zero-order chi connectivity index (χ0) is 18.2. The molecule has 0 bridgehead atoms. The average Bonchev–Trinajstić information content (AvgIpc) is 3.06. The minimum Gasteiger partial charge on any atom is -0.357 e. The van der Waals surface area contributed by atoms with Crippen LogP contribution in [-0.2, 0) is 0 Å². The molecule has 1 unspecified atom stereocenters. The van der Waals surface area contributed by atoms with Crippen molar-refractivity contribution in [2.75, 3.05) is 66.0 Å². The van der Waals surface area contributed by atoms with Crippen molar-refractivity contribution >= 4 is 29.9 Å². The van der Waals surface area contributed by atoms with Crippen LogP contribution < -0.4 is 5.32 Å². The van der Waals surface area contributed by atoms with Crippen LogP contribution in [0, 0.1) is 0 Å². The number of benzene rings is 1. The van der Waals surface area contributed by atoms with Crippen LogP contribution in [0.1, 0.15) is 31.2 Å². The van der Waals surface area contributed by atoms with Crippen LogP contribution in [0.3, 0.4) is 0 Å². The van der Waals surface area contributed by atoms with Crippen molar-refractivity contribution in [2.24, 2.45) is 4.99 Å². The molecular weight excluding hydrogens is 449 g/mol. The number of likely N-dealkylation sites (N-methyl/N-ethyl adjacent to an activating group) is 1. The summed E-state index contributed by atoms with van der Waals surface area (Å²) >= 11 is 0. The second-order valence-electron chi connectivity index (χ2n) is 7.58. The smallest absolute Gasteiger partial charge is 0.193 e. The third-order valence-electron chi connectivity index (χ3n) is 5.58. The Labute approximate surface area is 182 Å². The lowest BCUT2D eigenvalue weighted by Crippen LogP contribution is -2.40. The maximum absolute atomic E-state index is 4.94. The number of nitrogens with one attached hydrogen (secondary N) is 1. The summed E-state index contributed by atoms with van der Waals surface area (Å²) in [7, 11) is 2.22. The molecule has 0 saturated carbocycles. The molecule has 0 aromatic heterocycles. The molecule has 2 aliphatic rings. The summed E-state index contributed by atoms with van der Waals surface area (Å²) in [6.45, 7) is 12.0. The molecule has 2 fully saturated rings. The Kier molecular flexibility index (Phi) is 9.86. The molecule has 0 radical (unpaired) electrons. The number of rotatable bonds is 5. The number of hydrogen-bond donors (Lipinski definition) is 1. The SMILES string of the molecule is CCNC(=NCCN1CCCN(C)CC1)N1CCC(c2ccccc2)C1.I. The molecule has 0 spiro atoms. The van der Waals surface area contributed by atoms with E-state index in [-0.39, 0.29) is 24.0 Å². The molecule has 0 aliphatic carbocycles. The van der Waals surface area contributed by atoms with Gasteiger partial charge in [-0.25, -0.2) is 0 Å². The Morgan fingerprint density at radius 1 is 1.11 bits per heavy atom. The van der Waals surface area contributed by atoms with E-state index in [9.17, 15) is 0 Å². The van der Waals surface area contributed by atoms with E-state index >= 15 is 0 Å². The highest BCUT2D eigenvalue weighted by Crippen LogP contribution is 2.26. The lowest BCUT2D eigenvalue weighted by Gasteiger charge is -2.23. The van der Waals surface area contributed by atoms with Gasteiger partial charge in [-0.2, -0.15) is 0 Å². The van der Waals surface area contributed by atoms with E-state index in [0.29, 0.717) is 5.92 Å². The van der Waals surface area contributed by atoms with Crippen LogP contribution in [0.25, 0.3) is 0 Å². The maximum atomic E-state index is 4.94.